The molecule has 1 aliphatic heterocycles. The SMILES string of the molecule is CC(C)NC1CCN(C(C)C)CC(C(C)C)C1. The normalized spacial score (nSPS) is 28.1. The number of likely N-dealkylation sites (tertiary alicyclic amines) is 1. The molecular weight excluding hydrogens is 208 g/mol. The summed E-state index contributed by atoms with van der Waals surface area (Å²) in [6.45, 7) is 16.5. The zero-order valence-corrected chi connectivity index (χ0v) is 12.7. The van der Waals surface area contributed by atoms with E-state index >= 15 is 0 Å². The third kappa shape index (κ3) is 4.97. The van der Waals surface area contributed by atoms with Gasteiger partial charge >= 0.3 is 0 Å². The Balaban J connectivity index is 2.63. The highest BCUT2D eigenvalue weighted by Gasteiger charge is 2.27. The van der Waals surface area contributed by atoms with Gasteiger partial charge in [-0.1, -0.05) is 27.7 Å². The Morgan fingerprint density at radius 1 is 1.06 bits per heavy atom. The number of rotatable bonds is 4. The summed E-state index contributed by atoms with van der Waals surface area (Å²) in [7, 11) is 0. The molecule has 0 spiro atoms. The van der Waals surface area contributed by atoms with E-state index in [0.717, 1.165) is 11.8 Å². The molecule has 1 N–H and O–H groups in total. The molecule has 1 rings (SSSR count). The van der Waals surface area contributed by atoms with Crippen LogP contribution in [0.1, 0.15) is 54.4 Å². The molecule has 2 unspecified atom stereocenters. The van der Waals surface area contributed by atoms with Gasteiger partial charge in [0.2, 0.25) is 0 Å². The van der Waals surface area contributed by atoms with Crippen LogP contribution in [0.2, 0.25) is 0 Å². The second kappa shape index (κ2) is 6.75. The van der Waals surface area contributed by atoms with E-state index in [-0.39, 0.29) is 0 Å². The van der Waals surface area contributed by atoms with Gasteiger partial charge in [-0.3, -0.25) is 0 Å². The lowest BCUT2D eigenvalue weighted by atomic mass is 9.89. The van der Waals surface area contributed by atoms with Crippen LogP contribution in [0, 0.1) is 11.8 Å². The number of nitrogens with one attached hydrogen (secondary N) is 1. The third-order valence-electron chi connectivity index (χ3n) is 4.06. The van der Waals surface area contributed by atoms with Crippen molar-refractivity contribution in [3.8, 4) is 0 Å². The number of hydrogen-bond acceptors (Lipinski definition) is 2. The van der Waals surface area contributed by atoms with Crippen LogP contribution < -0.4 is 5.32 Å². The second-order valence-corrected chi connectivity index (χ2v) is 6.64. The van der Waals surface area contributed by atoms with E-state index in [0.29, 0.717) is 18.1 Å². The van der Waals surface area contributed by atoms with Gasteiger partial charge < -0.3 is 10.2 Å². The third-order valence-corrected chi connectivity index (χ3v) is 4.06. The Labute approximate surface area is 108 Å². The molecule has 1 aliphatic rings. The molecular formula is C15H32N2. The fourth-order valence-electron chi connectivity index (χ4n) is 2.85. The van der Waals surface area contributed by atoms with Crippen molar-refractivity contribution in [1.29, 1.82) is 0 Å². The lowest BCUT2D eigenvalue weighted by Gasteiger charge is -2.29. The van der Waals surface area contributed by atoms with E-state index in [1.807, 2.05) is 0 Å². The summed E-state index contributed by atoms with van der Waals surface area (Å²) in [6, 6.07) is 2.01. The van der Waals surface area contributed by atoms with E-state index in [1.54, 1.807) is 0 Å². The van der Waals surface area contributed by atoms with Crippen LogP contribution in [0.4, 0.5) is 0 Å². The van der Waals surface area contributed by atoms with Gasteiger partial charge in [0.15, 0.2) is 0 Å². The highest BCUT2D eigenvalue weighted by Crippen LogP contribution is 2.25. The molecule has 102 valence electrons. The molecule has 0 aromatic carbocycles. The summed E-state index contributed by atoms with van der Waals surface area (Å²) in [4.78, 5) is 2.66. The van der Waals surface area contributed by atoms with Gasteiger partial charge in [0, 0.05) is 24.7 Å². The molecule has 0 aliphatic carbocycles. The molecule has 2 heteroatoms. The van der Waals surface area contributed by atoms with Gasteiger partial charge in [-0.2, -0.15) is 0 Å². The van der Waals surface area contributed by atoms with Crippen LogP contribution in [-0.4, -0.2) is 36.1 Å². The maximum Gasteiger partial charge on any atom is 0.00848 e. The van der Waals surface area contributed by atoms with E-state index < -0.39 is 0 Å². The monoisotopic (exact) mass is 240 g/mol. The summed E-state index contributed by atoms with van der Waals surface area (Å²) < 4.78 is 0. The minimum absolute atomic E-state index is 0.610. The fourth-order valence-corrected chi connectivity index (χ4v) is 2.85. The molecule has 0 aromatic rings. The summed E-state index contributed by atoms with van der Waals surface area (Å²) in [5, 5.41) is 3.74. The first-order valence-corrected chi connectivity index (χ1v) is 7.40. The smallest absolute Gasteiger partial charge is 0.00848 e. The Bertz CT molecular complexity index is 211. The molecule has 0 radical (unpaired) electrons. The molecule has 1 saturated heterocycles. The molecule has 17 heavy (non-hydrogen) atoms. The lowest BCUT2D eigenvalue weighted by molar-refractivity contribution is 0.181. The summed E-state index contributed by atoms with van der Waals surface area (Å²) >= 11 is 0. The van der Waals surface area contributed by atoms with Crippen molar-refractivity contribution in [3.05, 3.63) is 0 Å². The Morgan fingerprint density at radius 3 is 2.18 bits per heavy atom. The first kappa shape index (κ1) is 15.0. The topological polar surface area (TPSA) is 15.3 Å². The van der Waals surface area contributed by atoms with Crippen LogP contribution >= 0.6 is 0 Å². The van der Waals surface area contributed by atoms with Gasteiger partial charge in [0.1, 0.15) is 0 Å². The number of nitrogens with zero attached hydrogens (tertiary/aromatic N) is 1. The fraction of sp³-hybridized carbons (Fsp3) is 1.00. The van der Waals surface area contributed by atoms with Crippen molar-refractivity contribution >= 4 is 0 Å². The largest absolute Gasteiger partial charge is 0.312 e. The summed E-state index contributed by atoms with van der Waals surface area (Å²) in [5.41, 5.74) is 0. The van der Waals surface area contributed by atoms with E-state index in [9.17, 15) is 0 Å². The Morgan fingerprint density at radius 2 is 1.71 bits per heavy atom. The van der Waals surface area contributed by atoms with Gasteiger partial charge in [0.05, 0.1) is 0 Å². The van der Waals surface area contributed by atoms with Crippen molar-refractivity contribution in [1.82, 2.24) is 10.2 Å². The van der Waals surface area contributed by atoms with E-state index in [4.69, 9.17) is 0 Å². The quantitative estimate of drug-likeness (QED) is 0.812. The average molecular weight is 240 g/mol. The highest BCUT2D eigenvalue weighted by molar-refractivity contribution is 4.83. The lowest BCUT2D eigenvalue weighted by Crippen LogP contribution is -2.36. The molecule has 0 amide bonds. The molecule has 0 saturated carbocycles. The molecule has 0 bridgehead atoms. The van der Waals surface area contributed by atoms with E-state index in [2.05, 4.69) is 51.8 Å². The second-order valence-electron chi connectivity index (χ2n) is 6.64. The van der Waals surface area contributed by atoms with Crippen LogP contribution in [0.15, 0.2) is 0 Å². The van der Waals surface area contributed by atoms with Crippen molar-refractivity contribution in [2.45, 2.75) is 72.5 Å². The van der Waals surface area contributed by atoms with Crippen molar-refractivity contribution in [2.24, 2.45) is 11.8 Å². The Kier molecular flexibility index (Phi) is 5.94. The van der Waals surface area contributed by atoms with Crippen LogP contribution in [-0.2, 0) is 0 Å². The standard InChI is InChI=1S/C15H32N2/c1-11(2)14-9-15(16-12(3)4)7-8-17(10-14)13(5)6/h11-16H,7-10H2,1-6H3. The first-order valence-electron chi connectivity index (χ1n) is 7.40. The number of hydrogen-bond donors (Lipinski definition) is 1. The zero-order valence-electron chi connectivity index (χ0n) is 12.7. The highest BCUT2D eigenvalue weighted by atomic mass is 15.2. The van der Waals surface area contributed by atoms with Gasteiger partial charge in [0.25, 0.3) is 0 Å². The minimum Gasteiger partial charge on any atom is -0.312 e. The zero-order chi connectivity index (χ0) is 13.0. The molecule has 2 atom stereocenters. The molecule has 1 fully saturated rings. The maximum absolute atomic E-state index is 3.74. The first-order chi connectivity index (χ1) is 7.90. The van der Waals surface area contributed by atoms with Crippen LogP contribution in [0.25, 0.3) is 0 Å². The van der Waals surface area contributed by atoms with Crippen LogP contribution in [0.3, 0.4) is 0 Å². The minimum atomic E-state index is 0.610. The van der Waals surface area contributed by atoms with Gasteiger partial charge in [-0.15, -0.1) is 0 Å². The molecule has 0 aromatic heterocycles. The van der Waals surface area contributed by atoms with Gasteiger partial charge in [-0.25, -0.2) is 0 Å². The predicted octanol–water partition coefficient (Wildman–Crippen LogP) is 3.13. The van der Waals surface area contributed by atoms with Crippen molar-refractivity contribution in [2.75, 3.05) is 13.1 Å². The van der Waals surface area contributed by atoms with Gasteiger partial charge in [-0.05, 0) is 45.1 Å². The molecule has 2 nitrogen and oxygen atoms in total. The van der Waals surface area contributed by atoms with Crippen molar-refractivity contribution in [3.63, 3.8) is 0 Å². The summed E-state index contributed by atoms with van der Waals surface area (Å²) in [6.07, 6.45) is 2.65. The van der Waals surface area contributed by atoms with Crippen molar-refractivity contribution < 1.29 is 0 Å². The van der Waals surface area contributed by atoms with E-state index in [1.165, 1.54) is 25.9 Å². The molecule has 1 heterocycles. The summed E-state index contributed by atoms with van der Waals surface area (Å²) in [5.74, 6) is 1.64. The van der Waals surface area contributed by atoms with Crippen LogP contribution in [0.5, 0.6) is 0 Å². The predicted molar refractivity (Wildman–Crippen MR) is 76.3 cm³/mol. The maximum atomic E-state index is 3.74. The Hall–Kier alpha value is -0.0800. The average Bonchev–Trinajstić information content (AvgIpc) is 2.39.